The lowest BCUT2D eigenvalue weighted by atomic mass is 10.1. The smallest absolute Gasteiger partial charge is 0.369 e. The third-order valence-corrected chi connectivity index (χ3v) is 3.27. The maximum Gasteiger partial charge on any atom is 0.369 e. The first kappa shape index (κ1) is 13.8. The highest BCUT2D eigenvalue weighted by Gasteiger charge is 2.44. The molecule has 0 radical (unpaired) electrons. The van der Waals surface area contributed by atoms with E-state index in [1.54, 1.807) is 0 Å². The maximum absolute atomic E-state index is 11.9. The van der Waals surface area contributed by atoms with Crippen LogP contribution in [0.15, 0.2) is 19.6 Å². The highest BCUT2D eigenvalue weighted by atomic mass is 16.6. The van der Waals surface area contributed by atoms with Crippen LogP contribution in [0.1, 0.15) is 6.23 Å². The van der Waals surface area contributed by atoms with Crippen molar-refractivity contribution in [3.63, 3.8) is 0 Å². The van der Waals surface area contributed by atoms with Crippen LogP contribution < -0.4 is 22.1 Å². The second-order valence-electron chi connectivity index (χ2n) is 4.54. The Morgan fingerprint density at radius 2 is 1.90 bits per heavy atom. The average Bonchev–Trinajstić information content (AvgIpc) is 2.94. The van der Waals surface area contributed by atoms with E-state index in [1.165, 1.54) is 0 Å². The van der Waals surface area contributed by atoms with Gasteiger partial charge in [0.2, 0.25) is 0 Å². The lowest BCUT2D eigenvalue weighted by molar-refractivity contribution is -0.0569. The van der Waals surface area contributed by atoms with E-state index >= 15 is 0 Å². The number of hydrogen-bond acceptors (Lipinski definition) is 7. The number of nitrogens with one attached hydrogen (secondary N) is 1. The summed E-state index contributed by atoms with van der Waals surface area (Å²) >= 11 is 0. The second kappa shape index (κ2) is 4.66. The monoisotopic (exact) mass is 298 g/mol. The minimum atomic E-state index is -1.55. The summed E-state index contributed by atoms with van der Waals surface area (Å²) in [5, 5.41) is 28.3. The van der Waals surface area contributed by atoms with Crippen molar-refractivity contribution in [1.29, 1.82) is 0 Å². The topological polar surface area (TPSA) is 167 Å². The van der Waals surface area contributed by atoms with Gasteiger partial charge >= 0.3 is 11.7 Å². The normalized spacial score (nSPS) is 30.9. The molecular weight excluding hydrogens is 288 g/mol. The van der Waals surface area contributed by atoms with E-state index in [-0.39, 0.29) is 10.8 Å². The zero-order valence-electron chi connectivity index (χ0n) is 10.3. The van der Waals surface area contributed by atoms with Crippen LogP contribution in [0.4, 0.5) is 4.79 Å². The molecule has 4 atom stereocenters. The molecular formula is C10H10N4O7. The van der Waals surface area contributed by atoms with Gasteiger partial charge in [-0.1, -0.05) is 0 Å². The van der Waals surface area contributed by atoms with E-state index < -0.39 is 48.4 Å². The Kier molecular flexibility index (Phi) is 3.06. The third kappa shape index (κ3) is 1.94. The zero-order chi connectivity index (χ0) is 15.3. The Labute approximate surface area is 114 Å². The number of aromatic amines is 1. The van der Waals surface area contributed by atoms with Gasteiger partial charge in [0.15, 0.2) is 17.1 Å². The summed E-state index contributed by atoms with van der Waals surface area (Å²) in [6.07, 6.45) is -5.53. The summed E-state index contributed by atoms with van der Waals surface area (Å²) in [7, 11) is 0. The number of fused-ring (bicyclic) bond motifs is 1. The van der Waals surface area contributed by atoms with E-state index in [2.05, 4.69) is 9.98 Å². The van der Waals surface area contributed by atoms with Crippen molar-refractivity contribution >= 4 is 6.03 Å². The Balaban J connectivity index is 2.24. The van der Waals surface area contributed by atoms with Gasteiger partial charge in [0.25, 0.3) is 5.56 Å². The van der Waals surface area contributed by atoms with Gasteiger partial charge in [-0.15, -0.1) is 0 Å². The number of aliphatic hydroxyl groups is 3. The van der Waals surface area contributed by atoms with E-state index in [0.29, 0.717) is 4.57 Å². The summed E-state index contributed by atoms with van der Waals surface area (Å²) in [6.45, 7) is -0.588. The SMILES string of the molecule is O=C1N=c2c(=O)[nH]c(=O)n([C@@H]3O[C@H](CO)[C@@H](O)[C@H]3O)c2=N1. The van der Waals surface area contributed by atoms with Gasteiger partial charge in [0, 0.05) is 0 Å². The molecule has 1 aromatic heterocycles. The number of urea groups is 1. The summed E-state index contributed by atoms with van der Waals surface area (Å²) in [5.41, 5.74) is -2.24. The molecule has 11 nitrogen and oxygen atoms in total. The number of nitrogens with zero attached hydrogens (tertiary/aromatic N) is 3. The molecule has 112 valence electrons. The number of aliphatic hydroxyl groups excluding tert-OH is 3. The standard InChI is InChI=1S/C10H10N4O7/c15-1-2-4(16)5(17)8(21-2)14-6-3(11-9(19)12-6)7(18)13-10(14)20/h2,4-5,8,15-17H,1H2,(H,13,18,20)/t2-,4-,5-,8-/m1/s1. The van der Waals surface area contributed by atoms with Crippen LogP contribution in [-0.2, 0) is 4.74 Å². The molecule has 11 heteroatoms. The van der Waals surface area contributed by atoms with Crippen LogP contribution in [0, 0.1) is 0 Å². The van der Waals surface area contributed by atoms with Gasteiger partial charge in [-0.25, -0.2) is 14.2 Å². The molecule has 21 heavy (non-hydrogen) atoms. The minimum absolute atomic E-state index is 0.358. The summed E-state index contributed by atoms with van der Waals surface area (Å²) in [4.78, 5) is 43.3. The van der Waals surface area contributed by atoms with Crippen molar-refractivity contribution in [3.8, 4) is 0 Å². The fourth-order valence-electron chi connectivity index (χ4n) is 2.28. The number of carbonyl (C=O) groups is 1. The summed E-state index contributed by atoms with van der Waals surface area (Å²) < 4.78 is 5.90. The summed E-state index contributed by atoms with van der Waals surface area (Å²) in [6, 6.07) is -0.971. The van der Waals surface area contributed by atoms with Crippen LogP contribution in [0.25, 0.3) is 0 Å². The molecule has 0 unspecified atom stereocenters. The molecule has 3 rings (SSSR count). The molecule has 2 amide bonds. The predicted octanol–water partition coefficient (Wildman–Crippen LogP) is -4.48. The van der Waals surface area contributed by atoms with Crippen LogP contribution >= 0.6 is 0 Å². The molecule has 0 saturated carbocycles. The van der Waals surface area contributed by atoms with Gasteiger partial charge in [0.05, 0.1) is 6.61 Å². The van der Waals surface area contributed by atoms with Gasteiger partial charge < -0.3 is 20.1 Å². The largest absolute Gasteiger partial charge is 0.394 e. The van der Waals surface area contributed by atoms with Crippen LogP contribution in [0.3, 0.4) is 0 Å². The van der Waals surface area contributed by atoms with E-state index in [1.807, 2.05) is 4.98 Å². The van der Waals surface area contributed by atoms with E-state index in [4.69, 9.17) is 9.84 Å². The van der Waals surface area contributed by atoms with Crippen LogP contribution in [-0.4, -0.2) is 55.8 Å². The van der Waals surface area contributed by atoms with Crippen molar-refractivity contribution in [1.82, 2.24) is 9.55 Å². The number of hydrogen-bond donors (Lipinski definition) is 4. The van der Waals surface area contributed by atoms with Crippen molar-refractivity contribution in [2.45, 2.75) is 24.5 Å². The molecule has 0 aromatic carbocycles. The van der Waals surface area contributed by atoms with Gasteiger partial charge in [-0.3, -0.25) is 9.78 Å². The van der Waals surface area contributed by atoms with E-state index in [9.17, 15) is 24.6 Å². The highest BCUT2D eigenvalue weighted by Crippen LogP contribution is 2.26. The fraction of sp³-hybridized carbons (Fsp3) is 0.500. The first-order valence-corrected chi connectivity index (χ1v) is 5.92. The lowest BCUT2D eigenvalue weighted by Gasteiger charge is -2.16. The van der Waals surface area contributed by atoms with Gasteiger partial charge in [-0.05, 0) is 0 Å². The van der Waals surface area contributed by atoms with Crippen LogP contribution in [0.5, 0.6) is 0 Å². The molecule has 1 aromatic rings. The summed E-state index contributed by atoms with van der Waals surface area (Å²) in [5.74, 6) is 0. The Morgan fingerprint density at radius 1 is 1.19 bits per heavy atom. The predicted molar refractivity (Wildman–Crippen MR) is 62.0 cm³/mol. The molecule has 3 heterocycles. The number of amides is 2. The highest BCUT2D eigenvalue weighted by molar-refractivity contribution is 5.77. The number of rotatable bonds is 2. The zero-order valence-corrected chi connectivity index (χ0v) is 10.3. The molecule has 2 aliphatic heterocycles. The third-order valence-electron chi connectivity index (χ3n) is 3.27. The quantitative estimate of drug-likeness (QED) is 0.427. The van der Waals surface area contributed by atoms with Crippen molar-refractivity contribution < 1.29 is 24.9 Å². The number of H-pyrrole nitrogens is 1. The first-order valence-electron chi connectivity index (χ1n) is 5.92. The lowest BCUT2D eigenvalue weighted by Crippen LogP contribution is -2.55. The first-order chi connectivity index (χ1) is 9.93. The van der Waals surface area contributed by atoms with Crippen molar-refractivity contribution in [3.05, 3.63) is 31.7 Å². The fourth-order valence-corrected chi connectivity index (χ4v) is 2.28. The molecule has 0 aliphatic carbocycles. The minimum Gasteiger partial charge on any atom is -0.394 e. The number of carbonyl (C=O) groups excluding carboxylic acids is 1. The molecule has 4 N–H and O–H groups in total. The van der Waals surface area contributed by atoms with Crippen molar-refractivity contribution in [2.75, 3.05) is 6.61 Å². The Hall–Kier alpha value is -2.21. The number of ether oxygens (including phenoxy) is 1. The Morgan fingerprint density at radius 3 is 2.52 bits per heavy atom. The molecule has 0 spiro atoms. The van der Waals surface area contributed by atoms with Crippen LogP contribution in [0.2, 0.25) is 0 Å². The molecule has 0 bridgehead atoms. The van der Waals surface area contributed by atoms with Crippen molar-refractivity contribution in [2.24, 2.45) is 9.98 Å². The van der Waals surface area contributed by atoms with Gasteiger partial charge in [0.1, 0.15) is 18.3 Å². The number of aromatic nitrogens is 2. The molecule has 1 saturated heterocycles. The second-order valence-corrected chi connectivity index (χ2v) is 4.54. The van der Waals surface area contributed by atoms with Gasteiger partial charge in [-0.2, -0.15) is 9.98 Å². The maximum atomic E-state index is 11.9. The average molecular weight is 298 g/mol. The molecule has 2 aliphatic rings. The Bertz CT molecular complexity index is 840. The molecule has 1 fully saturated rings. The van der Waals surface area contributed by atoms with E-state index in [0.717, 1.165) is 0 Å².